The Bertz CT molecular complexity index is 483. The van der Waals surface area contributed by atoms with Crippen molar-refractivity contribution in [3.8, 4) is 0 Å². The van der Waals surface area contributed by atoms with Crippen molar-refractivity contribution < 1.29 is 13.5 Å². The summed E-state index contributed by atoms with van der Waals surface area (Å²) in [5.41, 5.74) is -0.565. The molecule has 1 atom stereocenters. The topological polar surface area (TPSA) is 54.4 Å². The van der Waals surface area contributed by atoms with Gasteiger partial charge in [0.2, 0.25) is 0 Å². The maximum Gasteiger partial charge on any atom is 0.153 e. The van der Waals surface area contributed by atoms with E-state index in [1.54, 1.807) is 18.2 Å². The van der Waals surface area contributed by atoms with Gasteiger partial charge >= 0.3 is 0 Å². The van der Waals surface area contributed by atoms with E-state index in [2.05, 4.69) is 15.9 Å². The molecule has 0 saturated carbocycles. The van der Waals surface area contributed by atoms with E-state index in [-0.39, 0.29) is 17.9 Å². The summed E-state index contributed by atoms with van der Waals surface area (Å²) in [5.74, 6) is -0.118. The van der Waals surface area contributed by atoms with Crippen molar-refractivity contribution in [2.45, 2.75) is 12.0 Å². The number of aliphatic hydroxyl groups is 1. The summed E-state index contributed by atoms with van der Waals surface area (Å²) in [6.07, 6.45) is 0.276. The molecule has 1 aromatic carbocycles. The van der Waals surface area contributed by atoms with E-state index in [1.165, 1.54) is 0 Å². The Morgan fingerprint density at radius 3 is 2.53 bits per heavy atom. The second-order valence-electron chi connectivity index (χ2n) is 3.85. The molecule has 0 bridgehead atoms. The van der Waals surface area contributed by atoms with E-state index in [4.69, 9.17) is 0 Å². The van der Waals surface area contributed by atoms with Crippen molar-refractivity contribution in [1.29, 1.82) is 0 Å². The number of rotatable bonds is 1. The molecule has 0 spiro atoms. The number of benzene rings is 1. The van der Waals surface area contributed by atoms with Gasteiger partial charge in [0.25, 0.3) is 0 Å². The molecule has 1 aromatic rings. The molecule has 15 heavy (non-hydrogen) atoms. The van der Waals surface area contributed by atoms with Crippen LogP contribution in [0.5, 0.6) is 0 Å². The van der Waals surface area contributed by atoms with Crippen molar-refractivity contribution in [3.63, 3.8) is 0 Å². The Hall–Kier alpha value is -0.390. The molecule has 0 aromatic heterocycles. The fourth-order valence-electron chi connectivity index (χ4n) is 1.88. The summed E-state index contributed by atoms with van der Waals surface area (Å²) in [5, 5.41) is 10.3. The minimum atomic E-state index is -3.09. The van der Waals surface area contributed by atoms with E-state index in [0.29, 0.717) is 5.56 Å². The highest BCUT2D eigenvalue weighted by molar-refractivity contribution is 9.10. The van der Waals surface area contributed by atoms with Gasteiger partial charge < -0.3 is 5.11 Å². The number of sulfone groups is 1. The lowest BCUT2D eigenvalue weighted by molar-refractivity contribution is 0.0645. The zero-order valence-electron chi connectivity index (χ0n) is 7.98. The monoisotopic (exact) mass is 290 g/mol. The Balaban J connectivity index is 2.44. The van der Waals surface area contributed by atoms with Crippen LogP contribution in [0.4, 0.5) is 0 Å². The average molecular weight is 291 g/mol. The molecule has 1 heterocycles. The predicted octanol–water partition coefficient (Wildman–Crippen LogP) is 1.46. The van der Waals surface area contributed by atoms with Crippen LogP contribution in [0.3, 0.4) is 0 Å². The first-order valence-corrected chi connectivity index (χ1v) is 7.22. The Kier molecular flexibility index (Phi) is 2.65. The zero-order valence-corrected chi connectivity index (χ0v) is 10.4. The summed E-state index contributed by atoms with van der Waals surface area (Å²) in [6, 6.07) is 7.19. The Morgan fingerprint density at radius 2 is 2.00 bits per heavy atom. The molecule has 3 nitrogen and oxygen atoms in total. The number of halogens is 1. The molecule has 1 saturated heterocycles. The third-order valence-electron chi connectivity index (χ3n) is 2.66. The molecule has 1 unspecified atom stereocenters. The van der Waals surface area contributed by atoms with Crippen molar-refractivity contribution in [3.05, 3.63) is 34.3 Å². The molecule has 0 amide bonds. The van der Waals surface area contributed by atoms with Gasteiger partial charge in [-0.15, -0.1) is 0 Å². The van der Waals surface area contributed by atoms with Crippen molar-refractivity contribution >= 4 is 25.8 Å². The highest BCUT2D eigenvalue weighted by Gasteiger charge is 2.42. The summed E-state index contributed by atoms with van der Waals surface area (Å²) >= 11 is 3.32. The summed E-state index contributed by atoms with van der Waals surface area (Å²) in [7, 11) is -3.09. The lowest BCUT2D eigenvalue weighted by Crippen LogP contribution is -2.27. The van der Waals surface area contributed by atoms with Crippen LogP contribution in [-0.4, -0.2) is 25.0 Å². The van der Waals surface area contributed by atoms with Crippen LogP contribution in [-0.2, 0) is 15.4 Å². The van der Waals surface area contributed by atoms with Gasteiger partial charge in [0, 0.05) is 4.47 Å². The molecule has 0 aliphatic carbocycles. The first kappa shape index (κ1) is 11.1. The van der Waals surface area contributed by atoms with Gasteiger partial charge in [-0.2, -0.15) is 0 Å². The van der Waals surface area contributed by atoms with Crippen LogP contribution < -0.4 is 0 Å². The van der Waals surface area contributed by atoms with Crippen molar-refractivity contribution in [1.82, 2.24) is 0 Å². The lowest BCUT2D eigenvalue weighted by atomic mass is 9.94. The minimum absolute atomic E-state index is 0.0604. The van der Waals surface area contributed by atoms with Crippen LogP contribution in [0.2, 0.25) is 0 Å². The number of hydrogen-bond acceptors (Lipinski definition) is 3. The van der Waals surface area contributed by atoms with Gasteiger partial charge in [0.15, 0.2) is 9.84 Å². The molecule has 5 heteroatoms. The maximum absolute atomic E-state index is 11.4. The van der Waals surface area contributed by atoms with E-state index < -0.39 is 15.4 Å². The van der Waals surface area contributed by atoms with E-state index >= 15 is 0 Å². The molecular weight excluding hydrogens is 280 g/mol. The summed E-state index contributed by atoms with van der Waals surface area (Å²) in [6.45, 7) is 0. The standard InChI is InChI=1S/C10H11BrO3S/c11-9-4-2-1-3-8(9)10(12)5-6-15(13,14)7-10/h1-4,12H,5-7H2. The quantitative estimate of drug-likeness (QED) is 0.852. The van der Waals surface area contributed by atoms with Gasteiger partial charge in [-0.25, -0.2) is 8.42 Å². The number of hydrogen-bond donors (Lipinski definition) is 1. The third-order valence-corrected chi connectivity index (χ3v) is 5.10. The average Bonchev–Trinajstić information content (AvgIpc) is 2.42. The molecular formula is C10H11BrO3S. The normalized spacial score (nSPS) is 29.2. The van der Waals surface area contributed by atoms with Crippen LogP contribution in [0, 0.1) is 0 Å². The van der Waals surface area contributed by atoms with Gasteiger partial charge in [-0.3, -0.25) is 0 Å². The van der Waals surface area contributed by atoms with Crippen LogP contribution in [0.1, 0.15) is 12.0 Å². The molecule has 0 radical (unpaired) electrons. The first-order valence-electron chi connectivity index (χ1n) is 4.61. The fourth-order valence-corrected chi connectivity index (χ4v) is 4.36. The first-order chi connectivity index (χ1) is 6.93. The van der Waals surface area contributed by atoms with Gasteiger partial charge in [-0.1, -0.05) is 34.1 Å². The lowest BCUT2D eigenvalue weighted by Gasteiger charge is -2.22. The Labute approximate surface area is 97.2 Å². The highest BCUT2D eigenvalue weighted by Crippen LogP contribution is 2.37. The van der Waals surface area contributed by atoms with Crippen LogP contribution in [0.15, 0.2) is 28.7 Å². The molecule has 82 valence electrons. The molecule has 2 rings (SSSR count). The van der Waals surface area contributed by atoms with E-state index in [1.807, 2.05) is 6.07 Å². The fraction of sp³-hybridized carbons (Fsp3) is 0.400. The molecule has 1 aliphatic rings. The predicted molar refractivity (Wildman–Crippen MR) is 61.3 cm³/mol. The second kappa shape index (κ2) is 3.57. The van der Waals surface area contributed by atoms with Gasteiger partial charge in [0.05, 0.1) is 11.5 Å². The molecule has 1 fully saturated rings. The summed E-state index contributed by atoms with van der Waals surface area (Å²) in [4.78, 5) is 0. The second-order valence-corrected chi connectivity index (χ2v) is 6.89. The molecule has 1 aliphatic heterocycles. The molecule has 1 N–H and O–H groups in total. The minimum Gasteiger partial charge on any atom is -0.384 e. The zero-order chi connectivity index (χ0) is 11.1. The van der Waals surface area contributed by atoms with Gasteiger partial charge in [0.1, 0.15) is 5.60 Å². The largest absolute Gasteiger partial charge is 0.384 e. The van der Waals surface area contributed by atoms with Crippen LogP contribution >= 0.6 is 15.9 Å². The highest BCUT2D eigenvalue weighted by atomic mass is 79.9. The van der Waals surface area contributed by atoms with Crippen molar-refractivity contribution in [2.24, 2.45) is 0 Å². The Morgan fingerprint density at radius 1 is 1.33 bits per heavy atom. The smallest absolute Gasteiger partial charge is 0.153 e. The third kappa shape index (κ3) is 2.09. The van der Waals surface area contributed by atoms with E-state index in [9.17, 15) is 13.5 Å². The SMILES string of the molecule is O=S1(=O)CCC(O)(c2ccccc2Br)C1. The van der Waals surface area contributed by atoms with E-state index in [0.717, 1.165) is 4.47 Å². The van der Waals surface area contributed by atoms with Crippen LogP contribution in [0.25, 0.3) is 0 Å². The van der Waals surface area contributed by atoms with Gasteiger partial charge in [-0.05, 0) is 18.1 Å². The van der Waals surface area contributed by atoms with Crippen molar-refractivity contribution in [2.75, 3.05) is 11.5 Å². The maximum atomic E-state index is 11.4. The summed E-state index contributed by atoms with van der Waals surface area (Å²) < 4.78 is 23.5.